The molecule has 0 spiro atoms. The number of aromatic nitrogens is 1. The molecule has 0 saturated carbocycles. The van der Waals surface area contributed by atoms with Crippen LogP contribution >= 0.6 is 22.9 Å². The van der Waals surface area contributed by atoms with Crippen LogP contribution < -0.4 is 10.2 Å². The van der Waals surface area contributed by atoms with Crippen molar-refractivity contribution >= 4 is 28.8 Å². The zero-order valence-electron chi connectivity index (χ0n) is 12.8. The molecule has 0 amide bonds. The molecule has 21 heavy (non-hydrogen) atoms. The molecule has 1 N–H and O–H groups in total. The molecule has 2 rings (SSSR count). The largest absolute Gasteiger partial charge is 0.355 e. The van der Waals surface area contributed by atoms with Crippen molar-refractivity contribution in [2.24, 2.45) is 0 Å². The summed E-state index contributed by atoms with van der Waals surface area (Å²) >= 11 is 7.60. The average Bonchev–Trinajstić information content (AvgIpc) is 2.90. The van der Waals surface area contributed by atoms with Crippen molar-refractivity contribution in [3.05, 3.63) is 45.2 Å². The number of nitrogens with zero attached hydrogens (tertiary/aromatic N) is 2. The second-order valence-electron chi connectivity index (χ2n) is 5.19. The third-order valence-corrected chi connectivity index (χ3v) is 4.60. The minimum Gasteiger partial charge on any atom is -0.355 e. The fourth-order valence-electron chi connectivity index (χ4n) is 2.14. The van der Waals surface area contributed by atoms with E-state index >= 15 is 0 Å². The Morgan fingerprint density at radius 1 is 1.38 bits per heavy atom. The summed E-state index contributed by atoms with van der Waals surface area (Å²) in [6.07, 6.45) is 3.02. The normalized spacial score (nSPS) is 12.4. The SMILES string of the molecule is CCCNC(C)c1ccnc(N(C)Cc2ccc(Cl)s2)c1. The smallest absolute Gasteiger partial charge is 0.128 e. The number of halogens is 1. The van der Waals surface area contributed by atoms with E-state index in [1.165, 1.54) is 10.4 Å². The van der Waals surface area contributed by atoms with Crippen molar-refractivity contribution in [3.63, 3.8) is 0 Å². The van der Waals surface area contributed by atoms with Crippen LogP contribution in [0.4, 0.5) is 5.82 Å². The van der Waals surface area contributed by atoms with Gasteiger partial charge >= 0.3 is 0 Å². The van der Waals surface area contributed by atoms with Gasteiger partial charge in [-0.1, -0.05) is 18.5 Å². The number of rotatable bonds is 7. The minimum atomic E-state index is 0.344. The van der Waals surface area contributed by atoms with Gasteiger partial charge in [0, 0.05) is 24.2 Å². The predicted octanol–water partition coefficient (Wildman–Crippen LogP) is 4.49. The van der Waals surface area contributed by atoms with E-state index in [0.29, 0.717) is 6.04 Å². The fraction of sp³-hybridized carbons (Fsp3) is 0.438. The molecular formula is C16H22ClN3S. The van der Waals surface area contributed by atoms with Crippen molar-refractivity contribution in [2.75, 3.05) is 18.5 Å². The Morgan fingerprint density at radius 3 is 2.86 bits per heavy atom. The number of thiophene rings is 1. The first-order valence-electron chi connectivity index (χ1n) is 7.25. The molecule has 0 aliphatic rings. The first kappa shape index (κ1) is 16.3. The molecule has 2 aromatic heterocycles. The van der Waals surface area contributed by atoms with Crippen molar-refractivity contribution in [2.45, 2.75) is 32.9 Å². The summed E-state index contributed by atoms with van der Waals surface area (Å²) in [5.74, 6) is 0.988. The van der Waals surface area contributed by atoms with Gasteiger partial charge in [-0.2, -0.15) is 0 Å². The minimum absolute atomic E-state index is 0.344. The van der Waals surface area contributed by atoms with Crippen LogP contribution in [0.5, 0.6) is 0 Å². The van der Waals surface area contributed by atoms with Gasteiger partial charge in [0.15, 0.2) is 0 Å². The first-order chi connectivity index (χ1) is 10.1. The summed E-state index contributed by atoms with van der Waals surface area (Å²) in [5.41, 5.74) is 1.27. The van der Waals surface area contributed by atoms with Crippen molar-refractivity contribution in [3.8, 4) is 0 Å². The third-order valence-electron chi connectivity index (χ3n) is 3.38. The molecule has 1 atom stereocenters. The van der Waals surface area contributed by atoms with Crippen LogP contribution in [0.25, 0.3) is 0 Å². The molecule has 5 heteroatoms. The van der Waals surface area contributed by atoms with Gasteiger partial charge in [-0.15, -0.1) is 11.3 Å². The maximum absolute atomic E-state index is 5.98. The monoisotopic (exact) mass is 323 g/mol. The molecule has 2 aromatic rings. The molecule has 0 aliphatic heterocycles. The van der Waals surface area contributed by atoms with Crippen molar-refractivity contribution in [1.82, 2.24) is 10.3 Å². The Bertz CT molecular complexity index is 570. The lowest BCUT2D eigenvalue weighted by molar-refractivity contribution is 0.570. The molecule has 0 aliphatic carbocycles. The van der Waals surface area contributed by atoms with Gasteiger partial charge in [0.05, 0.1) is 10.9 Å². The van der Waals surface area contributed by atoms with Gasteiger partial charge < -0.3 is 10.2 Å². The van der Waals surface area contributed by atoms with Crippen LogP contribution in [0.2, 0.25) is 4.34 Å². The topological polar surface area (TPSA) is 28.2 Å². The molecule has 2 heterocycles. The van der Waals surface area contributed by atoms with Crippen LogP contribution in [-0.2, 0) is 6.54 Å². The Balaban J connectivity index is 2.05. The van der Waals surface area contributed by atoms with Crippen molar-refractivity contribution < 1.29 is 0 Å². The first-order valence-corrected chi connectivity index (χ1v) is 8.44. The Labute approximate surface area is 136 Å². The van der Waals surface area contributed by atoms with Crippen LogP contribution in [0.1, 0.15) is 36.8 Å². The number of anilines is 1. The zero-order valence-corrected chi connectivity index (χ0v) is 14.3. The second-order valence-corrected chi connectivity index (χ2v) is 6.98. The number of hydrogen-bond acceptors (Lipinski definition) is 4. The van der Waals surface area contributed by atoms with E-state index in [1.54, 1.807) is 11.3 Å². The molecule has 0 radical (unpaired) electrons. The molecule has 0 fully saturated rings. The van der Waals surface area contributed by atoms with Gasteiger partial charge in [-0.3, -0.25) is 0 Å². The predicted molar refractivity (Wildman–Crippen MR) is 92.4 cm³/mol. The summed E-state index contributed by atoms with van der Waals surface area (Å²) in [4.78, 5) is 7.87. The van der Waals surface area contributed by atoms with Gasteiger partial charge in [0.2, 0.25) is 0 Å². The van der Waals surface area contributed by atoms with Crippen LogP contribution in [0.15, 0.2) is 30.5 Å². The summed E-state index contributed by atoms with van der Waals surface area (Å²) in [7, 11) is 2.06. The summed E-state index contributed by atoms with van der Waals surface area (Å²) in [5, 5.41) is 3.51. The molecule has 3 nitrogen and oxygen atoms in total. The van der Waals surface area contributed by atoms with E-state index in [2.05, 4.69) is 54.3 Å². The number of nitrogens with one attached hydrogen (secondary N) is 1. The molecule has 1 unspecified atom stereocenters. The van der Waals surface area contributed by atoms with E-state index in [1.807, 2.05) is 12.3 Å². The molecule has 0 bridgehead atoms. The van der Waals surface area contributed by atoms with E-state index in [0.717, 1.165) is 29.7 Å². The van der Waals surface area contributed by atoms with Crippen LogP contribution in [0, 0.1) is 0 Å². The maximum atomic E-state index is 5.98. The second kappa shape index (κ2) is 7.78. The van der Waals surface area contributed by atoms with Gasteiger partial charge in [0.25, 0.3) is 0 Å². The lowest BCUT2D eigenvalue weighted by Gasteiger charge is -2.20. The Kier molecular flexibility index (Phi) is 6.03. The van der Waals surface area contributed by atoms with Crippen LogP contribution in [0.3, 0.4) is 0 Å². The summed E-state index contributed by atoms with van der Waals surface area (Å²) < 4.78 is 0.831. The third kappa shape index (κ3) is 4.70. The highest BCUT2D eigenvalue weighted by molar-refractivity contribution is 7.16. The highest BCUT2D eigenvalue weighted by Crippen LogP contribution is 2.24. The maximum Gasteiger partial charge on any atom is 0.128 e. The molecule has 0 saturated heterocycles. The quantitative estimate of drug-likeness (QED) is 0.813. The Hall–Kier alpha value is -1.10. The van der Waals surface area contributed by atoms with E-state index in [9.17, 15) is 0 Å². The standard InChI is InChI=1S/C16H22ClN3S/c1-4-8-18-12(2)13-7-9-19-16(10-13)20(3)11-14-5-6-15(17)21-14/h5-7,9-10,12,18H,4,8,11H2,1-3H3. The molecule has 114 valence electrons. The Morgan fingerprint density at radius 2 is 2.19 bits per heavy atom. The average molecular weight is 324 g/mol. The molecule has 0 aromatic carbocycles. The van der Waals surface area contributed by atoms with Crippen LogP contribution in [-0.4, -0.2) is 18.6 Å². The van der Waals surface area contributed by atoms with Gasteiger partial charge in [-0.05, 0) is 49.7 Å². The number of pyridine rings is 1. The fourth-order valence-corrected chi connectivity index (χ4v) is 3.28. The summed E-state index contributed by atoms with van der Waals surface area (Å²) in [6, 6.07) is 8.58. The highest BCUT2D eigenvalue weighted by Gasteiger charge is 2.09. The number of hydrogen-bond donors (Lipinski definition) is 1. The summed E-state index contributed by atoms with van der Waals surface area (Å²) in [6.45, 7) is 6.22. The van der Waals surface area contributed by atoms with E-state index in [-0.39, 0.29) is 0 Å². The van der Waals surface area contributed by atoms with E-state index in [4.69, 9.17) is 11.6 Å². The lowest BCUT2D eigenvalue weighted by Crippen LogP contribution is -2.21. The highest BCUT2D eigenvalue weighted by atomic mass is 35.5. The van der Waals surface area contributed by atoms with E-state index < -0.39 is 0 Å². The van der Waals surface area contributed by atoms with Gasteiger partial charge in [0.1, 0.15) is 5.82 Å². The van der Waals surface area contributed by atoms with Gasteiger partial charge in [-0.25, -0.2) is 4.98 Å². The van der Waals surface area contributed by atoms with Crippen molar-refractivity contribution in [1.29, 1.82) is 0 Å². The lowest BCUT2D eigenvalue weighted by atomic mass is 10.1. The zero-order chi connectivity index (χ0) is 15.2. The molecular weight excluding hydrogens is 302 g/mol.